The van der Waals surface area contributed by atoms with E-state index >= 15 is 0 Å². The number of rotatable bonds is 11. The smallest absolute Gasteiger partial charge is 0.192 e. The highest BCUT2D eigenvalue weighted by Crippen LogP contribution is 2.46. The first-order chi connectivity index (χ1) is 20.9. The Labute approximate surface area is 283 Å². The summed E-state index contributed by atoms with van der Waals surface area (Å²) < 4.78 is 34.1. The van der Waals surface area contributed by atoms with E-state index in [-0.39, 0.29) is 15.1 Å². The second-order valence-electron chi connectivity index (χ2n) is 17.7. The normalized spacial score (nSPS) is 23.8. The molecule has 0 bridgehead atoms. The van der Waals surface area contributed by atoms with E-state index in [1.54, 1.807) is 0 Å². The Hall–Kier alpha value is -1.31. The first kappa shape index (κ1) is 39.1. The zero-order valence-corrected chi connectivity index (χ0v) is 34.5. The number of hydrogen-bond acceptors (Lipinski definition) is 6. The van der Waals surface area contributed by atoms with Crippen molar-refractivity contribution in [2.24, 2.45) is 0 Å². The van der Waals surface area contributed by atoms with E-state index in [1.807, 2.05) is 42.5 Å². The Morgan fingerprint density at radius 2 is 1.13 bits per heavy atom. The van der Waals surface area contributed by atoms with Gasteiger partial charge in [0.15, 0.2) is 25.0 Å². The molecule has 3 rings (SSSR count). The molecule has 2 aromatic carbocycles. The van der Waals surface area contributed by atoms with E-state index in [0.717, 1.165) is 16.9 Å². The predicted molar refractivity (Wildman–Crippen MR) is 198 cm³/mol. The van der Waals surface area contributed by atoms with Gasteiger partial charge in [-0.05, 0) is 77.7 Å². The minimum atomic E-state index is -2.33. The number of benzene rings is 2. The number of ether oxygens (including phenoxy) is 2. The molecule has 0 spiro atoms. The van der Waals surface area contributed by atoms with Gasteiger partial charge in [-0.3, -0.25) is 0 Å². The van der Waals surface area contributed by atoms with Crippen LogP contribution in [-0.4, -0.2) is 61.1 Å². The zero-order chi connectivity index (χ0) is 34.9. The Kier molecular flexibility index (Phi) is 12.1. The van der Waals surface area contributed by atoms with Gasteiger partial charge in [-0.15, -0.1) is 0 Å². The average molecular weight is 689 g/mol. The van der Waals surface area contributed by atoms with E-state index in [9.17, 15) is 5.11 Å². The van der Waals surface area contributed by atoms with Crippen LogP contribution in [0.5, 0.6) is 5.75 Å². The molecule has 2 aromatic rings. The molecule has 260 valence electrons. The Balaban J connectivity index is 2.03. The predicted octanol–water partition coefficient (Wildman–Crippen LogP) is 9.87. The molecular weight excluding hydrogens is 625 g/mol. The van der Waals surface area contributed by atoms with Gasteiger partial charge in [-0.1, -0.05) is 105 Å². The van der Waals surface area contributed by atoms with E-state index in [1.165, 1.54) is 0 Å². The highest BCUT2D eigenvalue weighted by atomic mass is 28.4. The van der Waals surface area contributed by atoms with E-state index in [0.29, 0.717) is 13.2 Å². The van der Waals surface area contributed by atoms with Crippen LogP contribution >= 0.6 is 0 Å². The monoisotopic (exact) mass is 688 g/mol. The molecule has 1 aliphatic heterocycles. The maximum atomic E-state index is 12.2. The van der Waals surface area contributed by atoms with Crippen LogP contribution in [-0.2, 0) is 24.6 Å². The van der Waals surface area contributed by atoms with Crippen LogP contribution in [0.15, 0.2) is 54.6 Å². The van der Waals surface area contributed by atoms with Gasteiger partial charge in [-0.25, -0.2) is 0 Å². The molecule has 0 radical (unpaired) electrons. The van der Waals surface area contributed by atoms with Crippen LogP contribution < -0.4 is 4.74 Å². The summed E-state index contributed by atoms with van der Waals surface area (Å²) in [6, 6.07) is 18.0. The molecular formula is C37H64O6Si3. The third kappa shape index (κ3) is 9.43. The lowest BCUT2D eigenvalue weighted by Crippen LogP contribution is -2.64. The number of hydrogen-bond donors (Lipinski definition) is 1. The minimum Gasteiger partial charge on any atom is -0.489 e. The lowest BCUT2D eigenvalue weighted by molar-refractivity contribution is -0.222. The number of aliphatic hydroxyl groups excluding tert-OH is 1. The van der Waals surface area contributed by atoms with Gasteiger partial charge in [0.05, 0.1) is 6.61 Å². The van der Waals surface area contributed by atoms with Gasteiger partial charge in [-0.2, -0.15) is 0 Å². The second kappa shape index (κ2) is 14.3. The number of aliphatic hydroxyl groups is 1. The third-order valence-electron chi connectivity index (χ3n) is 11.0. The Morgan fingerprint density at radius 1 is 0.652 bits per heavy atom. The topological polar surface area (TPSA) is 66.4 Å². The SMILES string of the molecule is CC(C)(C)[Si](C)(C)OC[C@H]1O[C@H](c2ccc(OCc3ccccc3)cc2)[C@H](O)[C@@H](O[Si](C)(C)C(C)(C)C)[C@@H]1O[Si](C)(C)C(C)(C)C. The van der Waals surface area contributed by atoms with Crippen molar-refractivity contribution in [2.45, 2.75) is 154 Å². The van der Waals surface area contributed by atoms with Crippen molar-refractivity contribution in [3.8, 4) is 5.75 Å². The van der Waals surface area contributed by atoms with E-state index < -0.39 is 55.5 Å². The molecule has 1 N–H and O–H groups in total. The quantitative estimate of drug-likeness (QED) is 0.237. The summed E-state index contributed by atoms with van der Waals surface area (Å²) in [4.78, 5) is 0. The molecule has 9 heteroatoms. The van der Waals surface area contributed by atoms with Crippen molar-refractivity contribution in [3.63, 3.8) is 0 Å². The van der Waals surface area contributed by atoms with Gasteiger partial charge in [0.2, 0.25) is 0 Å². The third-order valence-corrected chi connectivity index (χ3v) is 24.5. The minimum absolute atomic E-state index is 0.0310. The molecule has 0 amide bonds. The lowest BCUT2D eigenvalue weighted by Gasteiger charge is -2.52. The first-order valence-corrected chi connectivity index (χ1v) is 25.7. The Bertz CT molecular complexity index is 1240. The van der Waals surface area contributed by atoms with Crippen LogP contribution in [0.1, 0.15) is 79.5 Å². The molecule has 0 saturated carbocycles. The fraction of sp³-hybridized carbons (Fsp3) is 0.676. The zero-order valence-electron chi connectivity index (χ0n) is 31.5. The van der Waals surface area contributed by atoms with Crippen molar-refractivity contribution >= 4 is 25.0 Å². The molecule has 0 aromatic heterocycles. The van der Waals surface area contributed by atoms with E-state index in [2.05, 4.69) is 114 Å². The average Bonchev–Trinajstić information content (AvgIpc) is 2.92. The highest BCUT2D eigenvalue weighted by molar-refractivity contribution is 6.75. The summed E-state index contributed by atoms with van der Waals surface area (Å²) in [6.45, 7) is 34.6. The van der Waals surface area contributed by atoms with Crippen molar-refractivity contribution in [1.29, 1.82) is 0 Å². The first-order valence-electron chi connectivity index (χ1n) is 17.0. The molecule has 0 aliphatic carbocycles. The largest absolute Gasteiger partial charge is 0.489 e. The maximum Gasteiger partial charge on any atom is 0.192 e. The summed E-state index contributed by atoms with van der Waals surface area (Å²) >= 11 is 0. The van der Waals surface area contributed by atoms with E-state index in [4.69, 9.17) is 22.8 Å². The molecule has 0 unspecified atom stereocenters. The summed E-state index contributed by atoms with van der Waals surface area (Å²) in [5.74, 6) is 0.768. The van der Waals surface area contributed by atoms with Gasteiger partial charge in [0.1, 0.15) is 42.9 Å². The molecule has 1 saturated heterocycles. The molecule has 46 heavy (non-hydrogen) atoms. The van der Waals surface area contributed by atoms with Crippen LogP contribution in [0.4, 0.5) is 0 Å². The van der Waals surface area contributed by atoms with Gasteiger partial charge in [0, 0.05) is 0 Å². The van der Waals surface area contributed by atoms with Crippen LogP contribution in [0, 0.1) is 0 Å². The fourth-order valence-corrected chi connectivity index (χ4v) is 8.29. The van der Waals surface area contributed by atoms with Crippen molar-refractivity contribution in [3.05, 3.63) is 65.7 Å². The molecule has 5 atom stereocenters. The van der Waals surface area contributed by atoms with Crippen LogP contribution in [0.3, 0.4) is 0 Å². The fourth-order valence-electron chi connectivity index (χ4n) is 4.65. The van der Waals surface area contributed by atoms with Crippen molar-refractivity contribution in [2.75, 3.05) is 6.61 Å². The Morgan fingerprint density at radius 3 is 1.61 bits per heavy atom. The summed E-state index contributed by atoms with van der Waals surface area (Å²) in [5.41, 5.74) is 1.99. The molecule has 1 heterocycles. The highest BCUT2D eigenvalue weighted by Gasteiger charge is 2.54. The summed E-state index contributed by atoms with van der Waals surface area (Å²) in [5, 5.41) is 12.2. The standard InChI is InChI=1S/C37H64O6Si3/c1-35(2,3)44(10,11)40-26-30-33(42-45(12,13)36(4,5)6)34(43-46(14,15)37(7,8)9)31(38)32(41-30)28-21-23-29(24-22-28)39-25-27-19-17-16-18-20-27/h16-24,30-34,38H,25-26H2,1-15H3/t30-,31+,32-,33-,34-/m1/s1. The molecule has 1 aliphatic rings. The summed E-state index contributed by atoms with van der Waals surface area (Å²) in [7, 11) is -6.74. The van der Waals surface area contributed by atoms with Gasteiger partial charge in [0.25, 0.3) is 0 Å². The molecule has 1 fully saturated rings. The lowest BCUT2D eigenvalue weighted by atomic mass is 9.91. The summed E-state index contributed by atoms with van der Waals surface area (Å²) in [6.07, 6.45) is -3.00. The molecule has 6 nitrogen and oxygen atoms in total. The van der Waals surface area contributed by atoms with Crippen molar-refractivity contribution in [1.82, 2.24) is 0 Å². The van der Waals surface area contributed by atoms with Gasteiger partial charge >= 0.3 is 0 Å². The van der Waals surface area contributed by atoms with Crippen LogP contribution in [0.25, 0.3) is 0 Å². The second-order valence-corrected chi connectivity index (χ2v) is 32.0. The maximum absolute atomic E-state index is 12.2. The van der Waals surface area contributed by atoms with Gasteiger partial charge < -0.3 is 27.9 Å². The van der Waals surface area contributed by atoms with Crippen LogP contribution in [0.2, 0.25) is 54.4 Å². The van der Waals surface area contributed by atoms with Crippen molar-refractivity contribution < 1.29 is 27.9 Å².